The number of hydrogen-bond donors (Lipinski definition) is 2. The van der Waals surface area contributed by atoms with Crippen LogP contribution < -0.4 is 5.90 Å². The lowest BCUT2D eigenvalue weighted by Crippen LogP contribution is -1.99. The summed E-state index contributed by atoms with van der Waals surface area (Å²) < 4.78 is 24.4. The Hall–Kier alpha value is -1.20. The van der Waals surface area contributed by atoms with Crippen LogP contribution in [0.4, 0.5) is 8.78 Å². The molecule has 72 valence electrons. The summed E-state index contributed by atoms with van der Waals surface area (Å²) in [5, 5.41) is 9.02. The Morgan fingerprint density at radius 2 is 2.15 bits per heavy atom. The number of phenolic OH excluding ortho intramolecular Hbond substituents is 1. The molecule has 0 radical (unpaired) electrons. The largest absolute Gasteiger partial charge is 0.507 e. The molecule has 0 aliphatic carbocycles. The molecule has 0 aliphatic heterocycles. The lowest BCUT2D eigenvalue weighted by atomic mass is 10.1. The summed E-state index contributed by atoms with van der Waals surface area (Å²) in [4.78, 5) is 4.28. The Kier molecular flexibility index (Phi) is 3.16. The molecule has 13 heavy (non-hydrogen) atoms. The van der Waals surface area contributed by atoms with Gasteiger partial charge in [0.05, 0.1) is 12.2 Å². The van der Waals surface area contributed by atoms with Crippen LogP contribution in [0.15, 0.2) is 18.2 Å². The van der Waals surface area contributed by atoms with E-state index in [0.717, 1.165) is 6.07 Å². The van der Waals surface area contributed by atoms with Gasteiger partial charge in [0.2, 0.25) is 0 Å². The summed E-state index contributed by atoms with van der Waals surface area (Å²) >= 11 is 0. The predicted octanol–water partition coefficient (Wildman–Crippen LogP) is 1.72. The highest BCUT2D eigenvalue weighted by atomic mass is 19.3. The van der Waals surface area contributed by atoms with Gasteiger partial charge in [-0.3, -0.25) is 4.84 Å². The maximum absolute atomic E-state index is 12.2. The molecule has 0 aliphatic rings. The van der Waals surface area contributed by atoms with Crippen molar-refractivity contribution >= 4 is 0 Å². The molecule has 0 unspecified atom stereocenters. The molecule has 0 saturated carbocycles. The van der Waals surface area contributed by atoms with Gasteiger partial charge >= 0.3 is 0 Å². The zero-order valence-corrected chi connectivity index (χ0v) is 6.71. The third-order valence-electron chi connectivity index (χ3n) is 1.58. The zero-order chi connectivity index (χ0) is 9.84. The summed E-state index contributed by atoms with van der Waals surface area (Å²) in [6.45, 7) is 0.0417. The average molecular weight is 189 g/mol. The molecule has 5 heteroatoms. The van der Waals surface area contributed by atoms with E-state index < -0.39 is 17.7 Å². The number of halogens is 2. The highest BCUT2D eigenvalue weighted by Gasteiger charge is 2.12. The number of benzene rings is 1. The maximum Gasteiger partial charge on any atom is 0.267 e. The van der Waals surface area contributed by atoms with Crippen molar-refractivity contribution in [1.82, 2.24) is 0 Å². The van der Waals surface area contributed by atoms with Crippen LogP contribution in [-0.2, 0) is 11.4 Å². The Bertz CT molecular complexity index is 291. The monoisotopic (exact) mass is 189 g/mol. The van der Waals surface area contributed by atoms with Gasteiger partial charge < -0.3 is 5.11 Å². The third-order valence-corrected chi connectivity index (χ3v) is 1.58. The van der Waals surface area contributed by atoms with E-state index in [1.165, 1.54) is 12.1 Å². The number of nitrogens with two attached hydrogens (primary N) is 1. The molecule has 1 aromatic rings. The van der Waals surface area contributed by atoms with Crippen LogP contribution in [0.25, 0.3) is 0 Å². The molecular formula is C8H9F2NO2. The molecule has 3 N–H and O–H groups in total. The van der Waals surface area contributed by atoms with Crippen LogP contribution in [0.3, 0.4) is 0 Å². The summed E-state index contributed by atoms with van der Waals surface area (Å²) in [7, 11) is 0. The van der Waals surface area contributed by atoms with Crippen molar-refractivity contribution in [3.63, 3.8) is 0 Å². The molecule has 3 nitrogen and oxygen atoms in total. The van der Waals surface area contributed by atoms with Crippen molar-refractivity contribution in [2.45, 2.75) is 13.0 Å². The van der Waals surface area contributed by atoms with Gasteiger partial charge in [0.15, 0.2) is 0 Å². The lowest BCUT2D eigenvalue weighted by molar-refractivity contribution is 0.122. The second-order valence-electron chi connectivity index (χ2n) is 2.50. The van der Waals surface area contributed by atoms with E-state index in [1.54, 1.807) is 0 Å². The van der Waals surface area contributed by atoms with Crippen molar-refractivity contribution in [2.24, 2.45) is 5.90 Å². The molecule has 1 rings (SSSR count). The number of hydrogen-bond acceptors (Lipinski definition) is 3. The van der Waals surface area contributed by atoms with E-state index in [2.05, 4.69) is 4.84 Å². The van der Waals surface area contributed by atoms with Crippen molar-refractivity contribution < 1.29 is 18.7 Å². The summed E-state index contributed by atoms with van der Waals surface area (Å²) in [6, 6.07) is 3.82. The Balaban J connectivity index is 2.97. The molecular weight excluding hydrogens is 180 g/mol. The van der Waals surface area contributed by atoms with Crippen LogP contribution in [0.2, 0.25) is 0 Å². The quantitative estimate of drug-likeness (QED) is 0.712. The number of aromatic hydroxyl groups is 1. The predicted molar refractivity (Wildman–Crippen MR) is 42.0 cm³/mol. The van der Waals surface area contributed by atoms with Crippen molar-refractivity contribution in [2.75, 3.05) is 0 Å². The first-order valence-electron chi connectivity index (χ1n) is 3.56. The number of phenols is 1. The second-order valence-corrected chi connectivity index (χ2v) is 2.50. The average Bonchev–Trinajstić information content (AvgIpc) is 2.08. The Labute approximate surface area is 73.7 Å². The van der Waals surface area contributed by atoms with Gasteiger partial charge in [0, 0.05) is 0 Å². The Morgan fingerprint density at radius 3 is 2.69 bits per heavy atom. The topological polar surface area (TPSA) is 55.5 Å². The first kappa shape index (κ1) is 9.88. The van der Waals surface area contributed by atoms with Gasteiger partial charge in [-0.15, -0.1) is 0 Å². The molecule has 0 fully saturated rings. The molecule has 0 atom stereocenters. The maximum atomic E-state index is 12.2. The fraction of sp³-hybridized carbons (Fsp3) is 0.250. The molecule has 0 aromatic heterocycles. The minimum Gasteiger partial charge on any atom is -0.507 e. The zero-order valence-electron chi connectivity index (χ0n) is 6.71. The van der Waals surface area contributed by atoms with E-state index in [1.807, 2.05) is 0 Å². The van der Waals surface area contributed by atoms with E-state index in [4.69, 9.17) is 11.0 Å². The summed E-state index contributed by atoms with van der Waals surface area (Å²) in [5.41, 5.74) is 0.0881. The lowest BCUT2D eigenvalue weighted by Gasteiger charge is -2.05. The van der Waals surface area contributed by atoms with Gasteiger partial charge in [-0.05, 0) is 17.7 Å². The van der Waals surface area contributed by atoms with Crippen molar-refractivity contribution in [3.05, 3.63) is 29.3 Å². The van der Waals surface area contributed by atoms with Crippen LogP contribution in [-0.4, -0.2) is 5.11 Å². The van der Waals surface area contributed by atoms with Crippen LogP contribution >= 0.6 is 0 Å². The van der Waals surface area contributed by atoms with Crippen molar-refractivity contribution in [1.29, 1.82) is 0 Å². The van der Waals surface area contributed by atoms with Crippen LogP contribution in [0.1, 0.15) is 17.6 Å². The normalized spacial score (nSPS) is 10.8. The summed E-state index contributed by atoms with van der Waals surface area (Å²) in [5.74, 6) is 4.35. The minimum atomic E-state index is -2.70. The standard InChI is InChI=1S/C8H9F2NO2/c9-8(10)6-3-5(4-13-11)1-2-7(6)12/h1-3,8,12H,4,11H2. The third kappa shape index (κ3) is 2.37. The second kappa shape index (κ2) is 4.15. The summed E-state index contributed by atoms with van der Waals surface area (Å²) in [6.07, 6.45) is -2.70. The van der Waals surface area contributed by atoms with Gasteiger partial charge in [-0.2, -0.15) is 0 Å². The fourth-order valence-electron chi connectivity index (χ4n) is 0.965. The van der Waals surface area contributed by atoms with E-state index >= 15 is 0 Å². The minimum absolute atomic E-state index is 0.0417. The molecule has 0 spiro atoms. The highest BCUT2D eigenvalue weighted by molar-refractivity contribution is 5.36. The fourth-order valence-corrected chi connectivity index (χ4v) is 0.965. The van der Waals surface area contributed by atoms with Crippen LogP contribution in [0.5, 0.6) is 5.75 Å². The first-order valence-corrected chi connectivity index (χ1v) is 3.56. The van der Waals surface area contributed by atoms with E-state index in [0.29, 0.717) is 5.56 Å². The van der Waals surface area contributed by atoms with Gasteiger partial charge in [0.25, 0.3) is 6.43 Å². The first-order chi connectivity index (χ1) is 6.15. The van der Waals surface area contributed by atoms with Gasteiger partial charge in [-0.25, -0.2) is 14.7 Å². The van der Waals surface area contributed by atoms with Crippen molar-refractivity contribution in [3.8, 4) is 5.75 Å². The molecule has 0 amide bonds. The van der Waals surface area contributed by atoms with E-state index in [9.17, 15) is 8.78 Å². The van der Waals surface area contributed by atoms with Gasteiger partial charge in [0.1, 0.15) is 5.75 Å². The van der Waals surface area contributed by atoms with E-state index in [-0.39, 0.29) is 6.61 Å². The SMILES string of the molecule is NOCc1ccc(O)c(C(F)F)c1. The molecule has 0 saturated heterocycles. The number of alkyl halides is 2. The molecule has 0 bridgehead atoms. The Morgan fingerprint density at radius 1 is 1.46 bits per heavy atom. The van der Waals surface area contributed by atoms with Gasteiger partial charge in [-0.1, -0.05) is 6.07 Å². The molecule has 0 heterocycles. The smallest absolute Gasteiger partial charge is 0.267 e. The number of rotatable bonds is 3. The highest BCUT2D eigenvalue weighted by Crippen LogP contribution is 2.28. The molecule has 1 aromatic carbocycles. The van der Waals surface area contributed by atoms with Crippen LogP contribution in [0, 0.1) is 0 Å².